The van der Waals surface area contributed by atoms with E-state index in [0.717, 1.165) is 24.8 Å². The molecule has 2 rings (SSSR count). The van der Waals surface area contributed by atoms with Gasteiger partial charge in [0.05, 0.1) is 6.04 Å². The van der Waals surface area contributed by atoms with Crippen LogP contribution in [0.25, 0.3) is 0 Å². The molecule has 0 spiro atoms. The molecule has 110 valence electrons. The van der Waals surface area contributed by atoms with Gasteiger partial charge in [-0.3, -0.25) is 0 Å². The topological polar surface area (TPSA) is 50.8 Å². The number of ether oxygens (including phenoxy) is 1. The molecule has 0 aromatic heterocycles. The summed E-state index contributed by atoms with van der Waals surface area (Å²) in [6.07, 6.45) is 2.61. The average molecular weight is 278 g/mol. The fraction of sp³-hybridized carbons (Fsp3) is 0.533. The van der Waals surface area contributed by atoms with Crippen LogP contribution in [0.1, 0.15) is 37.8 Å². The van der Waals surface area contributed by atoms with Gasteiger partial charge in [0, 0.05) is 20.1 Å². The third-order valence-corrected chi connectivity index (χ3v) is 3.60. The Hall–Kier alpha value is -1.59. The molecule has 0 bridgehead atoms. The number of amides is 2. The first kappa shape index (κ1) is 14.8. The van der Waals surface area contributed by atoms with E-state index in [9.17, 15) is 4.79 Å². The minimum absolute atomic E-state index is 0.0212. The largest absolute Gasteiger partial charge is 0.350 e. The second-order valence-electron chi connectivity index (χ2n) is 5.02. The molecule has 0 radical (unpaired) electrons. The third kappa shape index (κ3) is 3.95. The van der Waals surface area contributed by atoms with Crippen molar-refractivity contribution in [3.8, 4) is 0 Å². The number of urea groups is 1. The highest BCUT2D eigenvalue weighted by Gasteiger charge is 2.20. The standard InChI is InChI=1S/C15H22N2O3/c1-12(13-8-4-3-5-9-13)17(2)15(18)16-20-14-10-6-7-11-19-14/h3-5,8-9,12,14H,6-7,10-11H2,1-2H3,(H,16,18)/t12-,14+/m1/s1. The van der Waals surface area contributed by atoms with Crippen molar-refractivity contribution in [1.29, 1.82) is 0 Å². The van der Waals surface area contributed by atoms with Crippen molar-refractivity contribution in [1.82, 2.24) is 10.4 Å². The number of benzene rings is 1. The van der Waals surface area contributed by atoms with Gasteiger partial charge in [-0.05, 0) is 25.3 Å². The van der Waals surface area contributed by atoms with Crippen LogP contribution in [-0.4, -0.2) is 30.9 Å². The zero-order valence-corrected chi connectivity index (χ0v) is 12.0. The maximum absolute atomic E-state index is 12.0. The van der Waals surface area contributed by atoms with Crippen LogP contribution < -0.4 is 5.48 Å². The molecule has 1 saturated heterocycles. The first-order valence-electron chi connectivity index (χ1n) is 7.03. The van der Waals surface area contributed by atoms with E-state index >= 15 is 0 Å². The fourth-order valence-corrected chi connectivity index (χ4v) is 2.12. The van der Waals surface area contributed by atoms with Gasteiger partial charge in [0.15, 0.2) is 6.29 Å². The summed E-state index contributed by atoms with van der Waals surface area (Å²) >= 11 is 0. The summed E-state index contributed by atoms with van der Waals surface area (Å²) in [4.78, 5) is 18.9. The summed E-state index contributed by atoms with van der Waals surface area (Å²) in [7, 11) is 1.75. The van der Waals surface area contributed by atoms with Crippen molar-refractivity contribution < 1.29 is 14.4 Å². The van der Waals surface area contributed by atoms with Gasteiger partial charge in [-0.1, -0.05) is 30.3 Å². The van der Waals surface area contributed by atoms with Crippen molar-refractivity contribution in [3.05, 3.63) is 35.9 Å². The number of carbonyl (C=O) groups is 1. The maximum atomic E-state index is 12.0. The predicted octanol–water partition coefficient (Wildman–Crippen LogP) is 2.85. The molecule has 0 unspecified atom stereocenters. The highest BCUT2D eigenvalue weighted by atomic mass is 16.8. The molecule has 1 aromatic rings. The van der Waals surface area contributed by atoms with Crippen LogP contribution >= 0.6 is 0 Å². The molecule has 0 aliphatic carbocycles. The summed E-state index contributed by atoms with van der Waals surface area (Å²) in [5, 5.41) is 0. The molecule has 20 heavy (non-hydrogen) atoms. The van der Waals surface area contributed by atoms with Gasteiger partial charge >= 0.3 is 6.03 Å². The average Bonchev–Trinajstić information content (AvgIpc) is 2.53. The van der Waals surface area contributed by atoms with E-state index in [-0.39, 0.29) is 18.4 Å². The van der Waals surface area contributed by atoms with Crippen molar-refractivity contribution in [2.24, 2.45) is 0 Å². The van der Waals surface area contributed by atoms with Crippen molar-refractivity contribution in [3.63, 3.8) is 0 Å². The summed E-state index contributed by atoms with van der Waals surface area (Å²) in [6, 6.07) is 9.59. The van der Waals surface area contributed by atoms with Crippen LogP contribution in [0.4, 0.5) is 4.79 Å². The molecule has 1 fully saturated rings. The number of hydrogen-bond acceptors (Lipinski definition) is 3. The third-order valence-electron chi connectivity index (χ3n) is 3.60. The Balaban J connectivity index is 1.82. The number of hydrogen-bond donors (Lipinski definition) is 1. The molecule has 2 atom stereocenters. The molecule has 1 heterocycles. The Morgan fingerprint density at radius 2 is 2.15 bits per heavy atom. The minimum Gasteiger partial charge on any atom is -0.350 e. The van der Waals surface area contributed by atoms with Crippen LogP contribution in [0, 0.1) is 0 Å². The molecule has 0 saturated carbocycles. The zero-order valence-electron chi connectivity index (χ0n) is 12.0. The molecule has 1 N–H and O–H groups in total. The molecule has 5 heteroatoms. The summed E-state index contributed by atoms with van der Waals surface area (Å²) < 4.78 is 5.40. The smallest absolute Gasteiger partial charge is 0.341 e. The Kier molecular flexibility index (Phi) is 5.38. The monoisotopic (exact) mass is 278 g/mol. The van der Waals surface area contributed by atoms with Crippen molar-refractivity contribution >= 4 is 6.03 Å². The van der Waals surface area contributed by atoms with Gasteiger partial charge in [-0.15, -0.1) is 0 Å². The Bertz CT molecular complexity index is 418. The fourth-order valence-electron chi connectivity index (χ4n) is 2.12. The Morgan fingerprint density at radius 3 is 2.80 bits per heavy atom. The lowest BCUT2D eigenvalue weighted by molar-refractivity contribution is -0.187. The van der Waals surface area contributed by atoms with Crippen LogP contribution in [0.15, 0.2) is 30.3 Å². The van der Waals surface area contributed by atoms with Crippen molar-refractivity contribution in [2.75, 3.05) is 13.7 Å². The highest BCUT2D eigenvalue weighted by Crippen LogP contribution is 2.18. The van der Waals surface area contributed by atoms with Gasteiger partial charge in [0.1, 0.15) is 0 Å². The normalized spacial score (nSPS) is 20.2. The van der Waals surface area contributed by atoms with Gasteiger partial charge < -0.3 is 9.64 Å². The molecular weight excluding hydrogens is 256 g/mol. The molecule has 1 aliphatic rings. The molecule has 5 nitrogen and oxygen atoms in total. The molecule has 1 aromatic carbocycles. The Morgan fingerprint density at radius 1 is 1.40 bits per heavy atom. The predicted molar refractivity (Wildman–Crippen MR) is 75.8 cm³/mol. The number of nitrogens with one attached hydrogen (secondary N) is 1. The summed E-state index contributed by atoms with van der Waals surface area (Å²) in [5.41, 5.74) is 3.55. The quantitative estimate of drug-likeness (QED) is 0.862. The van der Waals surface area contributed by atoms with E-state index in [4.69, 9.17) is 9.57 Å². The van der Waals surface area contributed by atoms with Crippen LogP contribution in [0.2, 0.25) is 0 Å². The lowest BCUT2D eigenvalue weighted by Gasteiger charge is -2.27. The number of hydroxylamine groups is 1. The van der Waals surface area contributed by atoms with E-state index in [0.29, 0.717) is 6.61 Å². The van der Waals surface area contributed by atoms with Gasteiger partial charge in [0.25, 0.3) is 0 Å². The second-order valence-corrected chi connectivity index (χ2v) is 5.02. The van der Waals surface area contributed by atoms with E-state index in [1.165, 1.54) is 0 Å². The van der Waals surface area contributed by atoms with Gasteiger partial charge in [-0.2, -0.15) is 0 Å². The molecular formula is C15H22N2O3. The lowest BCUT2D eigenvalue weighted by Crippen LogP contribution is -2.41. The highest BCUT2D eigenvalue weighted by molar-refractivity contribution is 5.73. The minimum atomic E-state index is -0.326. The van der Waals surface area contributed by atoms with Gasteiger partial charge in [0.2, 0.25) is 0 Å². The number of nitrogens with zero attached hydrogens (tertiary/aromatic N) is 1. The van der Waals surface area contributed by atoms with Crippen LogP contribution in [0.3, 0.4) is 0 Å². The van der Waals surface area contributed by atoms with Gasteiger partial charge in [-0.25, -0.2) is 15.1 Å². The summed E-state index contributed by atoms with van der Waals surface area (Å²) in [6.45, 7) is 2.67. The van der Waals surface area contributed by atoms with E-state index in [1.807, 2.05) is 37.3 Å². The first-order valence-corrected chi connectivity index (χ1v) is 7.03. The second kappa shape index (κ2) is 7.26. The Labute approximate surface area is 119 Å². The maximum Gasteiger partial charge on any atom is 0.341 e. The van der Waals surface area contributed by atoms with Crippen molar-refractivity contribution in [2.45, 2.75) is 38.5 Å². The first-order chi connectivity index (χ1) is 9.68. The van der Waals surface area contributed by atoms with E-state index in [1.54, 1.807) is 11.9 Å². The number of carbonyl (C=O) groups excluding carboxylic acids is 1. The van der Waals surface area contributed by atoms with E-state index in [2.05, 4.69) is 5.48 Å². The SMILES string of the molecule is C[C@H](c1ccccc1)N(C)C(=O)NO[C@H]1CCCCO1. The van der Waals surface area contributed by atoms with Crippen LogP contribution in [0.5, 0.6) is 0 Å². The van der Waals surface area contributed by atoms with E-state index < -0.39 is 0 Å². The lowest BCUT2D eigenvalue weighted by atomic mass is 10.1. The number of rotatable bonds is 4. The zero-order chi connectivity index (χ0) is 14.4. The van der Waals surface area contributed by atoms with Crippen LogP contribution in [-0.2, 0) is 9.57 Å². The molecule has 1 aliphatic heterocycles. The summed E-state index contributed by atoms with van der Waals surface area (Å²) in [5.74, 6) is 0. The molecule has 2 amide bonds.